The predicted molar refractivity (Wildman–Crippen MR) is 118 cm³/mol. The molecule has 0 spiro atoms. The van der Waals surface area contributed by atoms with Crippen molar-refractivity contribution in [2.75, 3.05) is 19.8 Å². The van der Waals surface area contributed by atoms with Gasteiger partial charge in [-0.15, -0.1) is 0 Å². The van der Waals surface area contributed by atoms with E-state index >= 15 is 0 Å². The van der Waals surface area contributed by atoms with Crippen molar-refractivity contribution in [3.8, 4) is 0 Å². The third kappa shape index (κ3) is 12.7. The first-order valence-corrected chi connectivity index (χ1v) is 12.1. The topological polar surface area (TPSA) is 79.2 Å². The number of hydrogen-bond acceptors (Lipinski definition) is 5. The Bertz CT molecular complexity index is 387. The van der Waals surface area contributed by atoms with Crippen molar-refractivity contribution in [1.29, 1.82) is 0 Å². The second-order valence-corrected chi connectivity index (χ2v) is 8.39. The second-order valence-electron chi connectivity index (χ2n) is 8.39. The Morgan fingerprint density at radius 1 is 0.897 bits per heavy atom. The molecule has 29 heavy (non-hydrogen) atoms. The SMILES string of the molecule is CCCC/C=C/CCCCCCCCCCCCO[C@H]1[C@@H]([C@H](O)CO)OC[C@@H]1O. The van der Waals surface area contributed by atoms with Crippen molar-refractivity contribution in [3.05, 3.63) is 12.2 Å². The van der Waals surface area contributed by atoms with E-state index in [1.165, 1.54) is 77.0 Å². The van der Waals surface area contributed by atoms with Gasteiger partial charge in [0.15, 0.2) is 0 Å². The van der Waals surface area contributed by atoms with E-state index in [0.717, 1.165) is 12.8 Å². The fourth-order valence-electron chi connectivity index (χ4n) is 3.81. The molecular weight excluding hydrogens is 368 g/mol. The lowest BCUT2D eigenvalue weighted by atomic mass is 10.1. The minimum absolute atomic E-state index is 0.155. The number of hydrogen-bond donors (Lipinski definition) is 3. The molecule has 4 atom stereocenters. The maximum atomic E-state index is 9.89. The molecule has 1 rings (SSSR count). The van der Waals surface area contributed by atoms with Gasteiger partial charge in [0, 0.05) is 6.61 Å². The Hall–Kier alpha value is -0.460. The highest BCUT2D eigenvalue weighted by atomic mass is 16.6. The first kappa shape index (κ1) is 26.6. The molecule has 0 aliphatic carbocycles. The molecule has 1 saturated heterocycles. The van der Waals surface area contributed by atoms with Crippen LogP contribution in [0.5, 0.6) is 0 Å². The Balaban J connectivity index is 1.85. The lowest BCUT2D eigenvalue weighted by Gasteiger charge is -2.23. The lowest BCUT2D eigenvalue weighted by molar-refractivity contribution is -0.0938. The minimum Gasteiger partial charge on any atom is -0.394 e. The maximum Gasteiger partial charge on any atom is 0.114 e. The van der Waals surface area contributed by atoms with Crippen LogP contribution in [0.1, 0.15) is 96.8 Å². The summed E-state index contributed by atoms with van der Waals surface area (Å²) < 4.78 is 11.0. The molecule has 172 valence electrons. The predicted octanol–water partition coefficient (Wildman–Crippen LogP) is 4.52. The molecule has 1 aliphatic rings. The van der Waals surface area contributed by atoms with Crippen LogP contribution < -0.4 is 0 Å². The number of aliphatic hydroxyl groups excluding tert-OH is 3. The molecule has 0 radical (unpaired) electrons. The van der Waals surface area contributed by atoms with E-state index in [1.54, 1.807) is 0 Å². The maximum absolute atomic E-state index is 9.89. The van der Waals surface area contributed by atoms with Crippen molar-refractivity contribution in [2.45, 2.75) is 121 Å². The number of unbranched alkanes of at least 4 members (excludes halogenated alkanes) is 12. The summed E-state index contributed by atoms with van der Waals surface area (Å²) in [7, 11) is 0. The van der Waals surface area contributed by atoms with Gasteiger partial charge in [-0.1, -0.05) is 83.3 Å². The zero-order chi connectivity index (χ0) is 21.2. The van der Waals surface area contributed by atoms with E-state index in [0.29, 0.717) is 6.61 Å². The summed E-state index contributed by atoms with van der Waals surface area (Å²) in [6.45, 7) is 2.57. The molecule has 0 aromatic heterocycles. The Morgan fingerprint density at radius 3 is 2.03 bits per heavy atom. The fraction of sp³-hybridized carbons (Fsp3) is 0.917. The fourth-order valence-corrected chi connectivity index (χ4v) is 3.81. The van der Waals surface area contributed by atoms with Crippen LogP contribution in [-0.2, 0) is 9.47 Å². The van der Waals surface area contributed by atoms with Gasteiger partial charge in [0.05, 0.1) is 13.2 Å². The number of rotatable bonds is 19. The van der Waals surface area contributed by atoms with Gasteiger partial charge in [-0.2, -0.15) is 0 Å². The molecule has 0 unspecified atom stereocenters. The molecule has 5 heteroatoms. The summed E-state index contributed by atoms with van der Waals surface area (Å²) in [6.07, 6.45) is 19.6. The summed E-state index contributed by atoms with van der Waals surface area (Å²) in [5.74, 6) is 0. The highest BCUT2D eigenvalue weighted by Crippen LogP contribution is 2.21. The van der Waals surface area contributed by atoms with Gasteiger partial charge in [-0.25, -0.2) is 0 Å². The zero-order valence-electron chi connectivity index (χ0n) is 18.6. The minimum atomic E-state index is -1.00. The van der Waals surface area contributed by atoms with Crippen molar-refractivity contribution >= 4 is 0 Å². The molecule has 0 bridgehead atoms. The van der Waals surface area contributed by atoms with E-state index in [-0.39, 0.29) is 13.2 Å². The van der Waals surface area contributed by atoms with Gasteiger partial charge in [0.25, 0.3) is 0 Å². The summed E-state index contributed by atoms with van der Waals surface area (Å²) in [5, 5.41) is 28.7. The van der Waals surface area contributed by atoms with Crippen molar-refractivity contribution < 1.29 is 24.8 Å². The van der Waals surface area contributed by atoms with Crippen molar-refractivity contribution in [2.24, 2.45) is 0 Å². The van der Waals surface area contributed by atoms with Gasteiger partial charge in [0.1, 0.15) is 24.4 Å². The largest absolute Gasteiger partial charge is 0.394 e. The van der Waals surface area contributed by atoms with Crippen molar-refractivity contribution in [3.63, 3.8) is 0 Å². The van der Waals surface area contributed by atoms with Crippen LogP contribution >= 0.6 is 0 Å². The standard InChI is InChI=1S/C24H46O5/c1-2-3-4-5-6-7-8-9-10-11-12-13-14-15-16-17-18-28-24-22(27)20-29-23(24)21(26)19-25/h5-6,21-27H,2-4,7-20H2,1H3/b6-5+/t21-,22+,23-,24-/m1/s1. The number of ether oxygens (including phenoxy) is 2. The van der Waals surface area contributed by atoms with Crippen LogP contribution in [0, 0.1) is 0 Å². The Labute approximate surface area is 178 Å². The molecule has 0 aromatic carbocycles. The van der Waals surface area contributed by atoms with Crippen LogP contribution in [0.15, 0.2) is 12.2 Å². The molecule has 3 N–H and O–H groups in total. The second kappa shape index (κ2) is 18.3. The van der Waals surface area contributed by atoms with Crippen LogP contribution in [0.2, 0.25) is 0 Å². The van der Waals surface area contributed by atoms with Gasteiger partial charge in [0.2, 0.25) is 0 Å². The molecule has 0 amide bonds. The van der Waals surface area contributed by atoms with Gasteiger partial charge in [-0.3, -0.25) is 0 Å². The van der Waals surface area contributed by atoms with Gasteiger partial charge < -0.3 is 24.8 Å². The molecular formula is C24H46O5. The molecule has 0 saturated carbocycles. The molecule has 1 fully saturated rings. The van der Waals surface area contributed by atoms with E-state index in [1.807, 2.05) is 0 Å². The van der Waals surface area contributed by atoms with E-state index in [4.69, 9.17) is 14.6 Å². The molecule has 0 aromatic rings. The monoisotopic (exact) mass is 414 g/mol. The van der Waals surface area contributed by atoms with E-state index in [2.05, 4.69) is 19.1 Å². The average molecular weight is 415 g/mol. The third-order valence-electron chi connectivity index (χ3n) is 5.70. The van der Waals surface area contributed by atoms with Crippen LogP contribution in [-0.4, -0.2) is 59.6 Å². The first-order valence-electron chi connectivity index (χ1n) is 12.1. The highest BCUT2D eigenvalue weighted by molar-refractivity contribution is 4.89. The van der Waals surface area contributed by atoms with Crippen LogP contribution in [0.25, 0.3) is 0 Å². The molecule has 1 aliphatic heterocycles. The van der Waals surface area contributed by atoms with Crippen LogP contribution in [0.3, 0.4) is 0 Å². The van der Waals surface area contributed by atoms with Crippen LogP contribution in [0.4, 0.5) is 0 Å². The molecule has 5 nitrogen and oxygen atoms in total. The Kier molecular flexibility index (Phi) is 16.8. The smallest absolute Gasteiger partial charge is 0.114 e. The summed E-state index contributed by atoms with van der Waals surface area (Å²) >= 11 is 0. The summed E-state index contributed by atoms with van der Waals surface area (Å²) in [5.41, 5.74) is 0. The van der Waals surface area contributed by atoms with E-state index in [9.17, 15) is 10.2 Å². The number of aliphatic hydroxyl groups is 3. The third-order valence-corrected chi connectivity index (χ3v) is 5.70. The normalized spacial score (nSPS) is 23.2. The van der Waals surface area contributed by atoms with Gasteiger partial charge in [-0.05, 0) is 25.7 Å². The summed E-state index contributed by atoms with van der Waals surface area (Å²) in [6, 6.07) is 0. The molecule has 1 heterocycles. The quantitative estimate of drug-likeness (QED) is 0.214. The zero-order valence-corrected chi connectivity index (χ0v) is 18.6. The summed E-state index contributed by atoms with van der Waals surface area (Å²) in [4.78, 5) is 0. The lowest BCUT2D eigenvalue weighted by Crippen LogP contribution is -2.42. The van der Waals surface area contributed by atoms with E-state index < -0.39 is 24.4 Å². The average Bonchev–Trinajstić information content (AvgIpc) is 3.10. The number of allylic oxidation sites excluding steroid dienone is 2. The highest BCUT2D eigenvalue weighted by Gasteiger charge is 2.40. The first-order chi connectivity index (χ1) is 14.2. The van der Waals surface area contributed by atoms with Gasteiger partial charge >= 0.3 is 0 Å². The van der Waals surface area contributed by atoms with Crippen molar-refractivity contribution in [1.82, 2.24) is 0 Å². The Morgan fingerprint density at radius 2 is 1.45 bits per heavy atom.